The van der Waals surface area contributed by atoms with Crippen LogP contribution in [-0.2, 0) is 16.1 Å². The molecule has 1 N–H and O–H groups in total. The average Bonchev–Trinajstić information content (AvgIpc) is 2.41. The van der Waals surface area contributed by atoms with Crippen molar-refractivity contribution in [1.29, 1.82) is 0 Å². The van der Waals surface area contributed by atoms with Gasteiger partial charge in [0.05, 0.1) is 6.54 Å². The van der Waals surface area contributed by atoms with Gasteiger partial charge in [-0.05, 0) is 25.8 Å². The van der Waals surface area contributed by atoms with Gasteiger partial charge >= 0.3 is 0 Å². The van der Waals surface area contributed by atoms with Gasteiger partial charge in [-0.2, -0.15) is 0 Å². The topological polar surface area (TPSA) is 49.4 Å². The Hall–Kier alpha value is -1.84. The lowest BCUT2D eigenvalue weighted by Gasteiger charge is -2.26. The Bertz CT molecular complexity index is 471. The molecular weight excluding hydrogens is 252 g/mol. The smallest absolute Gasteiger partial charge is 0.239 e. The van der Waals surface area contributed by atoms with Gasteiger partial charge in [-0.25, -0.2) is 0 Å². The zero-order valence-corrected chi connectivity index (χ0v) is 12.8. The first kappa shape index (κ1) is 16.2. The molecule has 20 heavy (non-hydrogen) atoms. The van der Waals surface area contributed by atoms with Gasteiger partial charge in [0.25, 0.3) is 0 Å². The number of hydrogen-bond donors (Lipinski definition) is 1. The van der Waals surface area contributed by atoms with Crippen molar-refractivity contribution in [3.63, 3.8) is 0 Å². The van der Waals surface area contributed by atoms with E-state index in [1.54, 1.807) is 4.90 Å². The van der Waals surface area contributed by atoms with Crippen LogP contribution >= 0.6 is 0 Å². The van der Waals surface area contributed by atoms with Crippen molar-refractivity contribution < 1.29 is 9.59 Å². The van der Waals surface area contributed by atoms with E-state index in [-0.39, 0.29) is 24.4 Å². The van der Waals surface area contributed by atoms with E-state index in [0.717, 1.165) is 12.0 Å². The minimum atomic E-state index is -0.123. The molecule has 0 aliphatic carbocycles. The van der Waals surface area contributed by atoms with Crippen molar-refractivity contribution in [3.05, 3.63) is 35.4 Å². The summed E-state index contributed by atoms with van der Waals surface area (Å²) in [4.78, 5) is 25.1. The number of aryl methyl sites for hydroxylation is 1. The van der Waals surface area contributed by atoms with Gasteiger partial charge in [-0.3, -0.25) is 9.59 Å². The molecule has 110 valence electrons. The van der Waals surface area contributed by atoms with Crippen LogP contribution in [0.4, 0.5) is 0 Å². The maximum Gasteiger partial charge on any atom is 0.239 e. The van der Waals surface area contributed by atoms with Crippen LogP contribution in [0.3, 0.4) is 0 Å². The first-order valence-electron chi connectivity index (χ1n) is 7.03. The third-order valence-corrected chi connectivity index (χ3v) is 3.41. The second kappa shape index (κ2) is 7.68. The lowest BCUT2D eigenvalue weighted by Crippen LogP contribution is -2.44. The molecule has 0 bridgehead atoms. The van der Waals surface area contributed by atoms with Crippen molar-refractivity contribution in [2.24, 2.45) is 0 Å². The highest BCUT2D eigenvalue weighted by atomic mass is 16.2. The molecular formula is C16H24N2O2. The Morgan fingerprint density at radius 1 is 1.35 bits per heavy atom. The van der Waals surface area contributed by atoms with E-state index < -0.39 is 0 Å². The van der Waals surface area contributed by atoms with Crippen LogP contribution < -0.4 is 5.32 Å². The number of nitrogens with zero attached hydrogens (tertiary/aromatic N) is 1. The predicted octanol–water partition coefficient (Wildman–Crippen LogP) is 2.26. The zero-order chi connectivity index (χ0) is 15.1. The van der Waals surface area contributed by atoms with Crippen LogP contribution in [0.5, 0.6) is 0 Å². The Labute approximate surface area is 121 Å². The van der Waals surface area contributed by atoms with Crippen molar-refractivity contribution in [2.45, 2.75) is 46.7 Å². The van der Waals surface area contributed by atoms with E-state index in [1.807, 2.05) is 45.0 Å². The summed E-state index contributed by atoms with van der Waals surface area (Å²) in [5, 5.41) is 2.86. The lowest BCUT2D eigenvalue weighted by atomic mass is 10.1. The van der Waals surface area contributed by atoms with Crippen LogP contribution in [0, 0.1) is 6.92 Å². The summed E-state index contributed by atoms with van der Waals surface area (Å²) in [6.45, 7) is 8.09. The predicted molar refractivity (Wildman–Crippen MR) is 80.2 cm³/mol. The molecule has 0 aliphatic rings. The number of rotatable bonds is 6. The highest BCUT2D eigenvalue weighted by Gasteiger charge is 2.18. The van der Waals surface area contributed by atoms with E-state index in [2.05, 4.69) is 5.32 Å². The number of carbonyl (C=O) groups is 2. The summed E-state index contributed by atoms with van der Waals surface area (Å²) < 4.78 is 0. The van der Waals surface area contributed by atoms with E-state index in [9.17, 15) is 9.59 Å². The summed E-state index contributed by atoms with van der Waals surface area (Å²) >= 11 is 0. The second-order valence-corrected chi connectivity index (χ2v) is 5.17. The Balaban J connectivity index is 2.52. The van der Waals surface area contributed by atoms with Gasteiger partial charge in [-0.15, -0.1) is 0 Å². The minimum absolute atomic E-state index is 0.0648. The van der Waals surface area contributed by atoms with Crippen LogP contribution in [0.2, 0.25) is 0 Å². The van der Waals surface area contributed by atoms with Crippen molar-refractivity contribution in [3.8, 4) is 0 Å². The van der Waals surface area contributed by atoms with Gasteiger partial charge < -0.3 is 10.2 Å². The number of amides is 2. The standard InChI is InChI=1S/C16H24N2O2/c1-5-13(3)18(14(4)19)11-16(20)17-10-15-8-6-7-12(2)9-15/h6-9,13H,5,10-11H2,1-4H3,(H,17,20). The molecule has 0 saturated carbocycles. The first-order valence-corrected chi connectivity index (χ1v) is 7.03. The van der Waals surface area contributed by atoms with E-state index in [4.69, 9.17) is 0 Å². The summed E-state index contributed by atoms with van der Waals surface area (Å²) in [6, 6.07) is 8.09. The molecule has 0 spiro atoms. The fourth-order valence-corrected chi connectivity index (χ4v) is 2.03. The highest BCUT2D eigenvalue weighted by Crippen LogP contribution is 2.05. The fourth-order valence-electron chi connectivity index (χ4n) is 2.03. The summed E-state index contributed by atoms with van der Waals surface area (Å²) in [6.07, 6.45) is 0.838. The van der Waals surface area contributed by atoms with Crippen LogP contribution in [0.15, 0.2) is 24.3 Å². The molecule has 1 unspecified atom stereocenters. The second-order valence-electron chi connectivity index (χ2n) is 5.17. The Morgan fingerprint density at radius 2 is 2.05 bits per heavy atom. The molecule has 0 aliphatic heterocycles. The van der Waals surface area contributed by atoms with Crippen molar-refractivity contribution in [2.75, 3.05) is 6.54 Å². The van der Waals surface area contributed by atoms with Gasteiger partial charge in [0.1, 0.15) is 0 Å². The molecule has 4 heteroatoms. The van der Waals surface area contributed by atoms with E-state index in [0.29, 0.717) is 6.54 Å². The third kappa shape index (κ3) is 5.03. The monoisotopic (exact) mass is 276 g/mol. The number of benzene rings is 1. The van der Waals surface area contributed by atoms with Gasteiger partial charge in [-0.1, -0.05) is 36.8 Å². The number of hydrogen-bond acceptors (Lipinski definition) is 2. The maximum atomic E-state index is 11.9. The number of carbonyl (C=O) groups excluding carboxylic acids is 2. The minimum Gasteiger partial charge on any atom is -0.350 e. The molecule has 0 fully saturated rings. The summed E-state index contributed by atoms with van der Waals surface area (Å²) in [5.41, 5.74) is 2.23. The molecule has 1 atom stereocenters. The molecule has 1 aromatic carbocycles. The largest absolute Gasteiger partial charge is 0.350 e. The summed E-state index contributed by atoms with van der Waals surface area (Å²) in [7, 11) is 0. The van der Waals surface area contributed by atoms with Gasteiger partial charge in [0.2, 0.25) is 11.8 Å². The zero-order valence-electron chi connectivity index (χ0n) is 12.8. The lowest BCUT2D eigenvalue weighted by molar-refractivity contribution is -0.136. The maximum absolute atomic E-state index is 11.9. The Kier molecular flexibility index (Phi) is 6.22. The normalized spacial score (nSPS) is 11.8. The SMILES string of the molecule is CCC(C)N(CC(=O)NCc1cccc(C)c1)C(C)=O. The molecule has 1 aromatic rings. The molecule has 0 heterocycles. The van der Waals surface area contributed by atoms with Crippen LogP contribution in [-0.4, -0.2) is 29.3 Å². The number of nitrogens with one attached hydrogen (secondary N) is 1. The van der Waals surface area contributed by atoms with E-state index in [1.165, 1.54) is 12.5 Å². The molecule has 0 aromatic heterocycles. The van der Waals surface area contributed by atoms with E-state index >= 15 is 0 Å². The Morgan fingerprint density at radius 3 is 2.60 bits per heavy atom. The fraction of sp³-hybridized carbons (Fsp3) is 0.500. The average molecular weight is 276 g/mol. The summed E-state index contributed by atoms with van der Waals surface area (Å²) in [5.74, 6) is -0.188. The quantitative estimate of drug-likeness (QED) is 0.866. The molecule has 0 saturated heterocycles. The van der Waals surface area contributed by atoms with Crippen LogP contribution in [0.1, 0.15) is 38.3 Å². The molecule has 0 radical (unpaired) electrons. The molecule has 1 rings (SSSR count). The highest BCUT2D eigenvalue weighted by molar-refractivity contribution is 5.83. The van der Waals surface area contributed by atoms with Gasteiger partial charge in [0.15, 0.2) is 0 Å². The molecule has 2 amide bonds. The van der Waals surface area contributed by atoms with Gasteiger partial charge in [0, 0.05) is 19.5 Å². The first-order chi connectivity index (χ1) is 9.43. The van der Waals surface area contributed by atoms with Crippen LogP contribution in [0.25, 0.3) is 0 Å². The van der Waals surface area contributed by atoms with Crippen molar-refractivity contribution in [1.82, 2.24) is 10.2 Å². The molecule has 4 nitrogen and oxygen atoms in total. The third-order valence-electron chi connectivity index (χ3n) is 3.41. The van der Waals surface area contributed by atoms with Crippen molar-refractivity contribution >= 4 is 11.8 Å².